The van der Waals surface area contributed by atoms with Crippen molar-refractivity contribution in [3.05, 3.63) is 29.9 Å². The Morgan fingerprint density at radius 3 is 2.78 bits per heavy atom. The maximum absolute atomic E-state index is 12.5. The van der Waals surface area contributed by atoms with Gasteiger partial charge in [-0.3, -0.25) is 14.9 Å². The molecule has 2 atom stereocenters. The molecule has 2 aliphatic heterocycles. The fourth-order valence-corrected chi connectivity index (χ4v) is 3.00. The van der Waals surface area contributed by atoms with E-state index in [2.05, 4.69) is 16.0 Å². The van der Waals surface area contributed by atoms with Crippen molar-refractivity contribution in [2.75, 3.05) is 13.2 Å². The lowest BCUT2D eigenvalue weighted by Gasteiger charge is -2.44. The van der Waals surface area contributed by atoms with E-state index in [9.17, 15) is 4.79 Å². The Morgan fingerprint density at radius 1 is 1.35 bits per heavy atom. The van der Waals surface area contributed by atoms with Gasteiger partial charge < -0.3 is 9.47 Å². The molecule has 0 aliphatic carbocycles. The molecular formula is C17H23N3O3. The molecule has 3 rings (SSSR count). The molecule has 2 aliphatic rings. The molecule has 1 saturated heterocycles. The molecule has 23 heavy (non-hydrogen) atoms. The molecule has 0 saturated carbocycles. The minimum atomic E-state index is -0.502. The van der Waals surface area contributed by atoms with Crippen LogP contribution in [0.25, 0.3) is 5.57 Å². The summed E-state index contributed by atoms with van der Waals surface area (Å²) in [5.41, 5.74) is 2.39. The average Bonchev–Trinajstić information content (AvgIpc) is 2.44. The monoisotopic (exact) mass is 317 g/mol. The smallest absolute Gasteiger partial charge is 0.411 e. The van der Waals surface area contributed by atoms with Gasteiger partial charge in [-0.05, 0) is 39.7 Å². The average molecular weight is 317 g/mol. The van der Waals surface area contributed by atoms with Gasteiger partial charge in [0.2, 0.25) is 0 Å². The van der Waals surface area contributed by atoms with E-state index < -0.39 is 5.60 Å². The summed E-state index contributed by atoms with van der Waals surface area (Å²) in [5.74, 6) is 0. The predicted molar refractivity (Wildman–Crippen MR) is 85.8 cm³/mol. The highest BCUT2D eigenvalue weighted by Gasteiger charge is 2.40. The molecule has 1 fully saturated rings. The van der Waals surface area contributed by atoms with Crippen molar-refractivity contribution in [2.24, 2.45) is 0 Å². The molecule has 6 nitrogen and oxygen atoms in total. The number of hydrogen-bond donors (Lipinski definition) is 0. The quantitative estimate of drug-likeness (QED) is 0.796. The fourth-order valence-electron chi connectivity index (χ4n) is 3.00. The Bertz CT molecular complexity index is 636. The summed E-state index contributed by atoms with van der Waals surface area (Å²) in [4.78, 5) is 23.1. The largest absolute Gasteiger partial charge is 0.444 e. The van der Waals surface area contributed by atoms with Crippen LogP contribution in [0.4, 0.5) is 4.79 Å². The summed E-state index contributed by atoms with van der Waals surface area (Å²) in [6, 6.07) is -0.138. The number of fused-ring (bicyclic) bond motifs is 2. The van der Waals surface area contributed by atoms with Crippen molar-refractivity contribution in [3.8, 4) is 0 Å². The fraction of sp³-hybridized carbons (Fsp3) is 0.588. The number of rotatable bonds is 1. The second-order valence-corrected chi connectivity index (χ2v) is 7.09. The number of aromatic nitrogens is 2. The van der Waals surface area contributed by atoms with Crippen molar-refractivity contribution in [3.63, 3.8) is 0 Å². The molecule has 2 unspecified atom stereocenters. The summed E-state index contributed by atoms with van der Waals surface area (Å²) in [6.45, 7) is 8.57. The van der Waals surface area contributed by atoms with Crippen LogP contribution in [0.15, 0.2) is 18.5 Å². The minimum Gasteiger partial charge on any atom is -0.444 e. The van der Waals surface area contributed by atoms with E-state index in [-0.39, 0.29) is 18.2 Å². The molecular weight excluding hydrogens is 294 g/mol. The Kier molecular flexibility index (Phi) is 4.10. The second kappa shape index (κ2) is 5.92. The highest BCUT2D eigenvalue weighted by atomic mass is 16.6. The van der Waals surface area contributed by atoms with Gasteiger partial charge in [0.1, 0.15) is 5.60 Å². The van der Waals surface area contributed by atoms with Crippen LogP contribution in [-0.4, -0.2) is 51.9 Å². The zero-order valence-corrected chi connectivity index (χ0v) is 14.1. The topological polar surface area (TPSA) is 64.5 Å². The van der Waals surface area contributed by atoms with Gasteiger partial charge in [-0.2, -0.15) is 0 Å². The Labute approximate surface area is 136 Å². The minimum absolute atomic E-state index is 0.0223. The van der Waals surface area contributed by atoms with Crippen LogP contribution in [0.1, 0.15) is 38.6 Å². The van der Waals surface area contributed by atoms with Crippen LogP contribution in [0.2, 0.25) is 0 Å². The molecule has 1 amide bonds. The molecule has 0 N–H and O–H groups in total. The number of ether oxygens (including phenoxy) is 2. The predicted octanol–water partition coefficient (Wildman–Crippen LogP) is 2.58. The third-order valence-corrected chi connectivity index (χ3v) is 3.89. The first kappa shape index (κ1) is 15.9. The first-order valence-electron chi connectivity index (χ1n) is 7.92. The van der Waals surface area contributed by atoms with E-state index in [1.165, 1.54) is 0 Å². The lowest BCUT2D eigenvalue weighted by Crippen LogP contribution is -2.57. The third-order valence-electron chi connectivity index (χ3n) is 3.89. The second-order valence-electron chi connectivity index (χ2n) is 7.09. The standard InChI is InChI=1S/C17H23N3O3/c1-11-7-18-8-15(19-11)12-5-13-9-22-10-14(6-12)20(13)16(21)23-17(2,3)4/h5,7-8,13-14H,6,9-10H2,1-4H3. The van der Waals surface area contributed by atoms with E-state index >= 15 is 0 Å². The van der Waals surface area contributed by atoms with Gasteiger partial charge in [0, 0.05) is 6.20 Å². The molecule has 1 aromatic rings. The highest BCUT2D eigenvalue weighted by Crippen LogP contribution is 2.32. The highest BCUT2D eigenvalue weighted by molar-refractivity contribution is 5.73. The van der Waals surface area contributed by atoms with E-state index in [0.29, 0.717) is 19.6 Å². The van der Waals surface area contributed by atoms with Gasteiger partial charge in [-0.15, -0.1) is 0 Å². The lowest BCUT2D eigenvalue weighted by molar-refractivity contribution is -0.0511. The first-order valence-corrected chi connectivity index (χ1v) is 7.92. The third kappa shape index (κ3) is 3.52. The zero-order valence-electron chi connectivity index (χ0n) is 14.1. The summed E-state index contributed by atoms with van der Waals surface area (Å²) < 4.78 is 11.2. The van der Waals surface area contributed by atoms with Gasteiger partial charge in [0.05, 0.1) is 42.9 Å². The molecule has 0 spiro atoms. The summed E-state index contributed by atoms with van der Waals surface area (Å²) in [6.07, 6.45) is 6.00. The van der Waals surface area contributed by atoms with Crippen LogP contribution in [0.5, 0.6) is 0 Å². The van der Waals surface area contributed by atoms with Crippen molar-refractivity contribution < 1.29 is 14.3 Å². The summed E-state index contributed by atoms with van der Waals surface area (Å²) >= 11 is 0. The van der Waals surface area contributed by atoms with Crippen LogP contribution in [0, 0.1) is 6.92 Å². The lowest BCUT2D eigenvalue weighted by atomic mass is 9.93. The first-order chi connectivity index (χ1) is 10.8. The maximum atomic E-state index is 12.5. The van der Waals surface area contributed by atoms with Crippen molar-refractivity contribution in [1.29, 1.82) is 0 Å². The van der Waals surface area contributed by atoms with Crippen LogP contribution in [0.3, 0.4) is 0 Å². The summed E-state index contributed by atoms with van der Waals surface area (Å²) in [7, 11) is 0. The van der Waals surface area contributed by atoms with E-state index in [0.717, 1.165) is 17.0 Å². The summed E-state index contributed by atoms with van der Waals surface area (Å²) in [5, 5.41) is 0. The van der Waals surface area contributed by atoms with Crippen LogP contribution in [-0.2, 0) is 9.47 Å². The van der Waals surface area contributed by atoms with Crippen LogP contribution >= 0.6 is 0 Å². The van der Waals surface area contributed by atoms with Gasteiger partial charge >= 0.3 is 6.09 Å². The molecule has 6 heteroatoms. The molecule has 124 valence electrons. The Balaban J connectivity index is 1.86. The van der Waals surface area contributed by atoms with E-state index in [4.69, 9.17) is 9.47 Å². The van der Waals surface area contributed by atoms with E-state index in [1.54, 1.807) is 12.4 Å². The van der Waals surface area contributed by atoms with Crippen LogP contribution < -0.4 is 0 Å². The van der Waals surface area contributed by atoms with Gasteiger partial charge in [0.15, 0.2) is 0 Å². The molecule has 1 aromatic heterocycles. The normalized spacial score (nSPS) is 24.2. The Hall–Kier alpha value is -1.95. The van der Waals surface area contributed by atoms with Crippen molar-refractivity contribution in [2.45, 2.75) is 51.8 Å². The Morgan fingerprint density at radius 2 is 2.13 bits per heavy atom. The van der Waals surface area contributed by atoms with E-state index in [1.807, 2.05) is 32.6 Å². The number of amides is 1. The van der Waals surface area contributed by atoms with Gasteiger partial charge in [0.25, 0.3) is 0 Å². The van der Waals surface area contributed by atoms with Crippen molar-refractivity contribution in [1.82, 2.24) is 14.9 Å². The molecule has 0 radical (unpaired) electrons. The number of morpholine rings is 1. The number of nitrogens with zero attached hydrogens (tertiary/aromatic N) is 3. The number of carbonyl (C=O) groups is 1. The zero-order chi connectivity index (χ0) is 16.6. The molecule has 0 aromatic carbocycles. The SMILES string of the molecule is Cc1cncc(C2=CC3COCC(C2)N3C(=O)OC(C)(C)C)n1. The maximum Gasteiger partial charge on any atom is 0.411 e. The van der Waals surface area contributed by atoms with Crippen molar-refractivity contribution >= 4 is 11.7 Å². The van der Waals surface area contributed by atoms with Gasteiger partial charge in [-0.1, -0.05) is 6.08 Å². The number of hydrogen-bond acceptors (Lipinski definition) is 5. The van der Waals surface area contributed by atoms with Gasteiger partial charge in [-0.25, -0.2) is 4.79 Å². The number of carbonyl (C=O) groups excluding carboxylic acids is 1. The molecule has 3 heterocycles. The molecule has 2 bridgehead atoms. The number of aryl methyl sites for hydroxylation is 1.